The average Bonchev–Trinajstić information content (AvgIpc) is 2.21. The molecular formula is C8H8N4. The normalized spacial score (nSPS) is 21.2. The third-order valence-electron chi connectivity index (χ3n) is 1.64. The Kier molecular flexibility index (Phi) is 1.90. The molecule has 0 saturated heterocycles. The van der Waals surface area contributed by atoms with Crippen LogP contribution in [0.1, 0.15) is 11.7 Å². The lowest BCUT2D eigenvalue weighted by Gasteiger charge is -2.09. The van der Waals surface area contributed by atoms with Crippen molar-refractivity contribution in [1.82, 2.24) is 9.97 Å². The van der Waals surface area contributed by atoms with Gasteiger partial charge in [-0.3, -0.25) is 20.0 Å². The Labute approximate surface area is 70.1 Å². The zero-order chi connectivity index (χ0) is 8.23. The third kappa shape index (κ3) is 1.37. The van der Waals surface area contributed by atoms with Gasteiger partial charge in [0.2, 0.25) is 0 Å². The molecule has 60 valence electrons. The number of hydrogen-bond donors (Lipinski definition) is 0. The highest BCUT2D eigenvalue weighted by molar-refractivity contribution is 6.16. The average molecular weight is 160 g/mol. The minimum Gasteiger partial charge on any atom is -0.289 e. The summed E-state index contributed by atoms with van der Waals surface area (Å²) < 4.78 is 0. The van der Waals surface area contributed by atoms with Crippen LogP contribution in [-0.4, -0.2) is 28.9 Å². The van der Waals surface area contributed by atoms with Gasteiger partial charge in [-0.15, -0.1) is 0 Å². The van der Waals surface area contributed by atoms with Gasteiger partial charge in [0, 0.05) is 24.8 Å². The Balaban J connectivity index is 2.21. The van der Waals surface area contributed by atoms with E-state index in [2.05, 4.69) is 20.0 Å². The van der Waals surface area contributed by atoms with Crippen LogP contribution in [0.5, 0.6) is 0 Å². The van der Waals surface area contributed by atoms with Crippen LogP contribution in [0.3, 0.4) is 0 Å². The van der Waals surface area contributed by atoms with E-state index in [4.69, 9.17) is 0 Å². The summed E-state index contributed by atoms with van der Waals surface area (Å²) in [5, 5.41) is 0. The molecule has 2 rings (SSSR count). The van der Waals surface area contributed by atoms with Crippen LogP contribution in [0.2, 0.25) is 0 Å². The summed E-state index contributed by atoms with van der Waals surface area (Å²) in [7, 11) is 0. The van der Waals surface area contributed by atoms with Crippen molar-refractivity contribution in [3.05, 3.63) is 24.3 Å². The Hall–Kier alpha value is -1.58. The quantitative estimate of drug-likeness (QED) is 0.606. The summed E-state index contributed by atoms with van der Waals surface area (Å²) in [6.45, 7) is 0.676. The summed E-state index contributed by atoms with van der Waals surface area (Å²) >= 11 is 0. The SMILES string of the molecule is C1=NCC(c2cnccn2)N=C1. The second-order valence-corrected chi connectivity index (χ2v) is 2.46. The monoisotopic (exact) mass is 160 g/mol. The molecule has 12 heavy (non-hydrogen) atoms. The number of nitrogens with zero attached hydrogens (tertiary/aromatic N) is 4. The van der Waals surface area contributed by atoms with Crippen LogP contribution < -0.4 is 0 Å². The van der Waals surface area contributed by atoms with Gasteiger partial charge < -0.3 is 0 Å². The van der Waals surface area contributed by atoms with Gasteiger partial charge in [-0.05, 0) is 0 Å². The summed E-state index contributed by atoms with van der Waals surface area (Å²) in [5.74, 6) is 0. The molecule has 1 unspecified atom stereocenters. The van der Waals surface area contributed by atoms with E-state index in [9.17, 15) is 0 Å². The van der Waals surface area contributed by atoms with Gasteiger partial charge in [-0.2, -0.15) is 0 Å². The lowest BCUT2D eigenvalue weighted by Crippen LogP contribution is -2.07. The maximum Gasteiger partial charge on any atom is 0.113 e. The van der Waals surface area contributed by atoms with Crippen molar-refractivity contribution in [2.24, 2.45) is 9.98 Å². The molecule has 1 aromatic heterocycles. The van der Waals surface area contributed by atoms with Crippen LogP contribution in [0, 0.1) is 0 Å². The first kappa shape index (κ1) is 7.09. The molecular weight excluding hydrogens is 152 g/mol. The molecule has 0 radical (unpaired) electrons. The number of rotatable bonds is 1. The maximum atomic E-state index is 4.22. The van der Waals surface area contributed by atoms with Crippen LogP contribution in [-0.2, 0) is 0 Å². The van der Waals surface area contributed by atoms with Crippen LogP contribution in [0.25, 0.3) is 0 Å². The number of hydrogen-bond acceptors (Lipinski definition) is 4. The van der Waals surface area contributed by atoms with Gasteiger partial charge in [-0.25, -0.2) is 0 Å². The smallest absolute Gasteiger partial charge is 0.113 e. The largest absolute Gasteiger partial charge is 0.289 e. The molecule has 1 atom stereocenters. The predicted molar refractivity (Wildman–Crippen MR) is 46.6 cm³/mol. The van der Waals surface area contributed by atoms with Crippen molar-refractivity contribution in [3.8, 4) is 0 Å². The van der Waals surface area contributed by atoms with E-state index in [1.165, 1.54) is 0 Å². The van der Waals surface area contributed by atoms with Crippen molar-refractivity contribution in [2.75, 3.05) is 6.54 Å². The molecule has 0 spiro atoms. The fraction of sp³-hybridized carbons (Fsp3) is 0.250. The summed E-state index contributed by atoms with van der Waals surface area (Å²) in [4.78, 5) is 16.4. The molecule has 1 aliphatic rings. The van der Waals surface area contributed by atoms with Crippen molar-refractivity contribution in [1.29, 1.82) is 0 Å². The van der Waals surface area contributed by atoms with Gasteiger partial charge in [0.15, 0.2) is 0 Å². The third-order valence-corrected chi connectivity index (χ3v) is 1.64. The number of aromatic nitrogens is 2. The zero-order valence-electron chi connectivity index (χ0n) is 6.46. The van der Waals surface area contributed by atoms with Crippen LogP contribution in [0.15, 0.2) is 28.6 Å². The van der Waals surface area contributed by atoms with E-state index < -0.39 is 0 Å². The van der Waals surface area contributed by atoms with Crippen molar-refractivity contribution >= 4 is 12.4 Å². The highest BCUT2D eigenvalue weighted by Gasteiger charge is 2.10. The number of aliphatic imine (C=N–C) groups is 2. The molecule has 0 amide bonds. The molecule has 0 fully saturated rings. The van der Waals surface area contributed by atoms with Gasteiger partial charge in [-0.1, -0.05) is 0 Å². The Morgan fingerprint density at radius 1 is 1.25 bits per heavy atom. The Morgan fingerprint density at radius 3 is 2.92 bits per heavy atom. The van der Waals surface area contributed by atoms with Crippen LogP contribution >= 0.6 is 0 Å². The molecule has 1 aliphatic heterocycles. The van der Waals surface area contributed by atoms with E-state index in [1.807, 2.05) is 0 Å². The fourth-order valence-electron chi connectivity index (χ4n) is 1.05. The first-order valence-electron chi connectivity index (χ1n) is 3.74. The molecule has 4 heteroatoms. The molecule has 0 saturated carbocycles. The van der Waals surface area contributed by atoms with E-state index in [0.29, 0.717) is 6.54 Å². The van der Waals surface area contributed by atoms with Crippen LogP contribution in [0.4, 0.5) is 0 Å². The first-order chi connectivity index (χ1) is 5.97. The predicted octanol–water partition coefficient (Wildman–Crippen LogP) is 0.673. The molecule has 0 aliphatic carbocycles. The molecule has 0 aromatic carbocycles. The molecule has 4 nitrogen and oxygen atoms in total. The lowest BCUT2D eigenvalue weighted by molar-refractivity contribution is 0.709. The first-order valence-corrected chi connectivity index (χ1v) is 3.74. The van der Waals surface area contributed by atoms with E-state index in [1.54, 1.807) is 31.0 Å². The Morgan fingerprint density at radius 2 is 2.25 bits per heavy atom. The minimum atomic E-state index is 0.0590. The summed E-state index contributed by atoms with van der Waals surface area (Å²) in [5.41, 5.74) is 0.880. The second-order valence-electron chi connectivity index (χ2n) is 2.46. The maximum absolute atomic E-state index is 4.22. The lowest BCUT2D eigenvalue weighted by atomic mass is 10.2. The van der Waals surface area contributed by atoms with E-state index >= 15 is 0 Å². The second kappa shape index (κ2) is 3.21. The van der Waals surface area contributed by atoms with Crippen molar-refractivity contribution < 1.29 is 0 Å². The summed E-state index contributed by atoms with van der Waals surface area (Å²) in [6, 6.07) is 0.0590. The molecule has 1 aromatic rings. The standard InChI is InChI=1S/C8H8N4/c1-3-11-7(5-9-1)8-6-10-2-4-12-8/h1-5,8H,6H2. The van der Waals surface area contributed by atoms with Crippen molar-refractivity contribution in [2.45, 2.75) is 6.04 Å². The van der Waals surface area contributed by atoms with Gasteiger partial charge >= 0.3 is 0 Å². The fourth-order valence-corrected chi connectivity index (χ4v) is 1.05. The molecule has 0 bridgehead atoms. The van der Waals surface area contributed by atoms with Crippen molar-refractivity contribution in [3.63, 3.8) is 0 Å². The Bertz CT molecular complexity index is 304. The molecule has 0 N–H and O–H groups in total. The minimum absolute atomic E-state index is 0.0590. The zero-order valence-corrected chi connectivity index (χ0v) is 6.46. The van der Waals surface area contributed by atoms with E-state index in [-0.39, 0.29) is 6.04 Å². The highest BCUT2D eigenvalue weighted by Crippen LogP contribution is 2.14. The molecule has 2 heterocycles. The van der Waals surface area contributed by atoms with Gasteiger partial charge in [0.25, 0.3) is 0 Å². The highest BCUT2D eigenvalue weighted by atomic mass is 14.9. The van der Waals surface area contributed by atoms with Gasteiger partial charge in [0.05, 0.1) is 18.4 Å². The topological polar surface area (TPSA) is 50.5 Å². The van der Waals surface area contributed by atoms with Gasteiger partial charge in [0.1, 0.15) is 6.04 Å². The van der Waals surface area contributed by atoms with E-state index in [0.717, 1.165) is 5.69 Å². The summed E-state index contributed by atoms with van der Waals surface area (Å²) in [6.07, 6.45) is 8.45.